The van der Waals surface area contributed by atoms with E-state index in [1.54, 1.807) is 0 Å². The average Bonchev–Trinajstić information content (AvgIpc) is 2.14. The Morgan fingerprint density at radius 2 is 2.33 bits per heavy atom. The first-order chi connectivity index (χ1) is 7.00. The van der Waals surface area contributed by atoms with Gasteiger partial charge in [-0.25, -0.2) is 4.39 Å². The Labute approximate surface area is 91.9 Å². The molecule has 0 aliphatic heterocycles. The molecule has 1 aromatic carbocycles. The molecule has 0 aliphatic carbocycles. The predicted octanol–water partition coefficient (Wildman–Crippen LogP) is 1.59. The molecule has 0 unspecified atom stereocenters. The zero-order valence-electron chi connectivity index (χ0n) is 8.13. The van der Waals surface area contributed by atoms with Crippen molar-refractivity contribution in [1.82, 2.24) is 5.32 Å². The van der Waals surface area contributed by atoms with Crippen LogP contribution in [0.25, 0.3) is 0 Å². The third-order valence-corrected chi connectivity index (χ3v) is 1.97. The van der Waals surface area contributed by atoms with E-state index < -0.39 is 17.8 Å². The topological polar surface area (TPSA) is 49.3 Å². The minimum atomic E-state index is -0.675. The number of hydrogen-bond donors (Lipinski definition) is 2. The molecule has 3 nitrogen and oxygen atoms in total. The third-order valence-electron chi connectivity index (χ3n) is 1.73. The highest BCUT2D eigenvalue weighted by Gasteiger charge is 2.11. The summed E-state index contributed by atoms with van der Waals surface area (Å²) in [6, 6.07) is 3.80. The van der Waals surface area contributed by atoms with Crippen molar-refractivity contribution < 1.29 is 14.3 Å². The van der Waals surface area contributed by atoms with Gasteiger partial charge in [-0.05, 0) is 25.1 Å². The largest absolute Gasteiger partial charge is 0.392 e. The van der Waals surface area contributed by atoms with Crippen LogP contribution in [0.15, 0.2) is 18.2 Å². The van der Waals surface area contributed by atoms with Crippen LogP contribution in [0.5, 0.6) is 0 Å². The molecule has 0 fully saturated rings. The fourth-order valence-corrected chi connectivity index (χ4v) is 1.17. The summed E-state index contributed by atoms with van der Waals surface area (Å²) in [6.45, 7) is 1.61. The molecule has 0 radical (unpaired) electrons. The van der Waals surface area contributed by atoms with Crippen LogP contribution in [0.2, 0.25) is 5.02 Å². The second-order valence-electron chi connectivity index (χ2n) is 3.18. The van der Waals surface area contributed by atoms with E-state index >= 15 is 0 Å². The fourth-order valence-electron chi connectivity index (χ4n) is 1.01. The van der Waals surface area contributed by atoms with Crippen molar-refractivity contribution in [2.75, 3.05) is 6.54 Å². The van der Waals surface area contributed by atoms with E-state index in [-0.39, 0.29) is 17.1 Å². The molecule has 0 aliphatic rings. The first-order valence-corrected chi connectivity index (χ1v) is 4.80. The fraction of sp³-hybridized carbons (Fsp3) is 0.300. The van der Waals surface area contributed by atoms with Crippen molar-refractivity contribution in [1.29, 1.82) is 0 Å². The summed E-state index contributed by atoms with van der Waals surface area (Å²) >= 11 is 5.54. The van der Waals surface area contributed by atoms with Crippen molar-refractivity contribution in [2.45, 2.75) is 13.0 Å². The van der Waals surface area contributed by atoms with E-state index in [1.807, 2.05) is 0 Å². The Morgan fingerprint density at radius 1 is 1.67 bits per heavy atom. The molecule has 0 bridgehead atoms. The second-order valence-corrected chi connectivity index (χ2v) is 3.62. The molecular weight excluding hydrogens is 221 g/mol. The lowest BCUT2D eigenvalue weighted by molar-refractivity contribution is 0.0920. The second kappa shape index (κ2) is 5.09. The van der Waals surface area contributed by atoms with E-state index in [4.69, 9.17) is 16.7 Å². The Morgan fingerprint density at radius 3 is 2.87 bits per heavy atom. The van der Waals surface area contributed by atoms with Gasteiger partial charge in [0.05, 0.1) is 11.7 Å². The lowest BCUT2D eigenvalue weighted by Gasteiger charge is -2.07. The van der Waals surface area contributed by atoms with Gasteiger partial charge < -0.3 is 10.4 Å². The Kier molecular flexibility index (Phi) is 4.05. The molecule has 82 valence electrons. The number of halogens is 2. The van der Waals surface area contributed by atoms with E-state index in [0.29, 0.717) is 0 Å². The standard InChI is InChI=1S/C10H11ClFNO2/c1-6(14)5-13-10(15)8-3-2-7(11)4-9(8)12/h2-4,6,14H,5H2,1H3,(H,13,15)/t6-/m1/s1. The SMILES string of the molecule is C[C@@H](O)CNC(=O)c1ccc(Cl)cc1F. The van der Waals surface area contributed by atoms with E-state index in [0.717, 1.165) is 6.07 Å². The molecule has 1 amide bonds. The van der Waals surface area contributed by atoms with Crippen molar-refractivity contribution >= 4 is 17.5 Å². The highest BCUT2D eigenvalue weighted by atomic mass is 35.5. The molecule has 15 heavy (non-hydrogen) atoms. The van der Waals surface area contributed by atoms with Gasteiger partial charge in [-0.1, -0.05) is 11.6 Å². The van der Waals surface area contributed by atoms with Gasteiger partial charge in [0, 0.05) is 11.6 Å². The van der Waals surface area contributed by atoms with Crippen LogP contribution in [-0.2, 0) is 0 Å². The molecule has 0 saturated heterocycles. The van der Waals surface area contributed by atoms with E-state index in [9.17, 15) is 9.18 Å². The molecule has 1 rings (SSSR count). The van der Waals surface area contributed by atoms with Crippen LogP contribution < -0.4 is 5.32 Å². The maximum Gasteiger partial charge on any atom is 0.254 e. The van der Waals surface area contributed by atoms with Gasteiger partial charge in [-0.15, -0.1) is 0 Å². The number of nitrogens with one attached hydrogen (secondary N) is 1. The minimum absolute atomic E-state index is 0.0833. The Bertz CT molecular complexity index is 368. The molecule has 1 atom stereocenters. The molecule has 0 saturated carbocycles. The number of aliphatic hydroxyl groups is 1. The number of aliphatic hydroxyl groups excluding tert-OH is 1. The number of rotatable bonds is 3. The summed E-state index contributed by atoms with van der Waals surface area (Å²) in [5.74, 6) is -1.24. The molecule has 5 heteroatoms. The Hall–Kier alpha value is -1.13. The zero-order chi connectivity index (χ0) is 11.4. The van der Waals surface area contributed by atoms with E-state index in [1.165, 1.54) is 19.1 Å². The van der Waals surface area contributed by atoms with Crippen LogP contribution in [0.3, 0.4) is 0 Å². The highest BCUT2D eigenvalue weighted by molar-refractivity contribution is 6.30. The number of carbonyl (C=O) groups excluding carboxylic acids is 1. The summed E-state index contributed by atoms with van der Waals surface area (Å²) in [5, 5.41) is 11.6. The van der Waals surface area contributed by atoms with Crippen molar-refractivity contribution in [3.8, 4) is 0 Å². The van der Waals surface area contributed by atoms with Gasteiger partial charge in [-0.2, -0.15) is 0 Å². The van der Waals surface area contributed by atoms with Gasteiger partial charge in [0.15, 0.2) is 0 Å². The third kappa shape index (κ3) is 3.49. The van der Waals surface area contributed by atoms with Crippen LogP contribution >= 0.6 is 11.6 Å². The Balaban J connectivity index is 2.74. The van der Waals surface area contributed by atoms with Crippen LogP contribution in [0, 0.1) is 5.82 Å². The molecule has 2 N–H and O–H groups in total. The number of carbonyl (C=O) groups is 1. The van der Waals surface area contributed by atoms with Gasteiger partial charge in [-0.3, -0.25) is 4.79 Å². The summed E-state index contributed by atoms with van der Waals surface area (Å²) in [6.07, 6.45) is -0.663. The lowest BCUT2D eigenvalue weighted by atomic mass is 10.2. The number of hydrogen-bond acceptors (Lipinski definition) is 2. The first-order valence-electron chi connectivity index (χ1n) is 4.42. The van der Waals surface area contributed by atoms with Gasteiger partial charge in [0.1, 0.15) is 5.82 Å². The van der Waals surface area contributed by atoms with Crippen LogP contribution in [-0.4, -0.2) is 23.7 Å². The maximum atomic E-state index is 13.2. The van der Waals surface area contributed by atoms with Gasteiger partial charge in [0.25, 0.3) is 5.91 Å². The average molecular weight is 232 g/mol. The number of amides is 1. The molecule has 0 heterocycles. The van der Waals surface area contributed by atoms with Crippen molar-refractivity contribution in [2.24, 2.45) is 0 Å². The maximum absolute atomic E-state index is 13.2. The van der Waals surface area contributed by atoms with Crippen molar-refractivity contribution in [3.05, 3.63) is 34.6 Å². The number of benzene rings is 1. The van der Waals surface area contributed by atoms with Crippen LogP contribution in [0.1, 0.15) is 17.3 Å². The zero-order valence-corrected chi connectivity index (χ0v) is 8.88. The summed E-state index contributed by atoms with van der Waals surface area (Å²) in [5.41, 5.74) is -0.0833. The minimum Gasteiger partial charge on any atom is -0.392 e. The molecule has 0 spiro atoms. The summed E-state index contributed by atoms with van der Waals surface area (Å²) in [4.78, 5) is 11.4. The highest BCUT2D eigenvalue weighted by Crippen LogP contribution is 2.14. The molecule has 1 aromatic rings. The smallest absolute Gasteiger partial charge is 0.254 e. The predicted molar refractivity (Wildman–Crippen MR) is 55.4 cm³/mol. The summed E-state index contributed by atoms with van der Waals surface area (Å²) in [7, 11) is 0. The van der Waals surface area contributed by atoms with Crippen molar-refractivity contribution in [3.63, 3.8) is 0 Å². The van der Waals surface area contributed by atoms with Gasteiger partial charge >= 0.3 is 0 Å². The normalized spacial score (nSPS) is 12.3. The monoisotopic (exact) mass is 231 g/mol. The van der Waals surface area contributed by atoms with Crippen LogP contribution in [0.4, 0.5) is 4.39 Å². The van der Waals surface area contributed by atoms with Gasteiger partial charge in [0.2, 0.25) is 0 Å². The molecular formula is C10H11ClFNO2. The first kappa shape index (κ1) is 11.9. The van der Waals surface area contributed by atoms with E-state index in [2.05, 4.69) is 5.32 Å². The summed E-state index contributed by atoms with van der Waals surface area (Å²) < 4.78 is 13.2. The lowest BCUT2D eigenvalue weighted by Crippen LogP contribution is -2.31. The molecule has 0 aromatic heterocycles. The quantitative estimate of drug-likeness (QED) is 0.830.